The highest BCUT2D eigenvalue weighted by Crippen LogP contribution is 2.40. The average Bonchev–Trinajstić information content (AvgIpc) is 3.24. The molecule has 0 saturated heterocycles. The maximum Gasteiger partial charge on any atom is 0.341 e. The van der Waals surface area contributed by atoms with Gasteiger partial charge in [-0.3, -0.25) is 4.79 Å². The van der Waals surface area contributed by atoms with E-state index in [2.05, 4.69) is 12.2 Å². The molecular weight excluding hydrogens is 346 g/mol. The Kier molecular flexibility index (Phi) is 6.74. The fourth-order valence-electron chi connectivity index (χ4n) is 4.15. The Morgan fingerprint density at radius 2 is 2.00 bits per heavy atom. The molecule has 1 atom stereocenters. The first kappa shape index (κ1) is 19.4. The summed E-state index contributed by atoms with van der Waals surface area (Å²) in [5.41, 5.74) is 1.74. The smallest absolute Gasteiger partial charge is 0.341 e. The zero-order valence-electron chi connectivity index (χ0n) is 16.1. The van der Waals surface area contributed by atoms with Crippen LogP contribution in [-0.4, -0.2) is 18.5 Å². The number of rotatable bonds is 7. The van der Waals surface area contributed by atoms with Crippen LogP contribution >= 0.6 is 11.3 Å². The second kappa shape index (κ2) is 9.03. The lowest BCUT2D eigenvalue weighted by atomic mass is 9.88. The number of carbonyl (C=O) groups excluding carboxylic acids is 2. The highest BCUT2D eigenvalue weighted by atomic mass is 32.1. The summed E-state index contributed by atoms with van der Waals surface area (Å²) < 4.78 is 5.41. The Hall–Kier alpha value is -1.36. The van der Waals surface area contributed by atoms with Crippen molar-refractivity contribution in [2.45, 2.75) is 78.1 Å². The molecule has 2 aliphatic rings. The molecule has 1 saturated carbocycles. The van der Waals surface area contributed by atoms with Crippen molar-refractivity contribution >= 4 is 28.2 Å². The van der Waals surface area contributed by atoms with Crippen molar-refractivity contribution in [1.29, 1.82) is 0 Å². The molecule has 4 nitrogen and oxygen atoms in total. The first-order valence-corrected chi connectivity index (χ1v) is 11.0. The molecule has 2 aliphatic carbocycles. The van der Waals surface area contributed by atoms with Gasteiger partial charge in [-0.1, -0.05) is 39.5 Å². The third kappa shape index (κ3) is 4.67. The summed E-state index contributed by atoms with van der Waals surface area (Å²) in [4.78, 5) is 26.3. The second-order valence-corrected chi connectivity index (χ2v) is 9.03. The number of amides is 1. The lowest BCUT2D eigenvalue weighted by Gasteiger charge is -2.18. The highest BCUT2D eigenvalue weighted by Gasteiger charge is 2.29. The summed E-state index contributed by atoms with van der Waals surface area (Å²) in [7, 11) is 0. The van der Waals surface area contributed by atoms with E-state index >= 15 is 0 Å². The van der Waals surface area contributed by atoms with Gasteiger partial charge in [0.2, 0.25) is 5.91 Å². The van der Waals surface area contributed by atoms with Crippen molar-refractivity contribution in [3.8, 4) is 0 Å². The van der Waals surface area contributed by atoms with Crippen LogP contribution in [-0.2, 0) is 22.4 Å². The third-order valence-electron chi connectivity index (χ3n) is 5.66. The Morgan fingerprint density at radius 1 is 1.23 bits per heavy atom. The molecule has 1 aromatic rings. The number of anilines is 1. The van der Waals surface area contributed by atoms with E-state index in [4.69, 9.17) is 4.74 Å². The van der Waals surface area contributed by atoms with Gasteiger partial charge < -0.3 is 10.1 Å². The Balaban J connectivity index is 1.71. The summed E-state index contributed by atoms with van der Waals surface area (Å²) in [6.45, 7) is 4.66. The number of hydrogen-bond acceptors (Lipinski definition) is 4. The molecule has 0 bridgehead atoms. The first-order chi connectivity index (χ1) is 12.6. The molecule has 1 amide bonds. The number of fused-ring (bicyclic) bond motifs is 1. The van der Waals surface area contributed by atoms with Crippen molar-refractivity contribution in [3.05, 3.63) is 16.0 Å². The molecule has 1 fully saturated rings. The molecule has 0 aliphatic heterocycles. The molecule has 144 valence electrons. The highest BCUT2D eigenvalue weighted by molar-refractivity contribution is 7.17. The van der Waals surface area contributed by atoms with Crippen molar-refractivity contribution in [3.63, 3.8) is 0 Å². The molecule has 1 N–H and O–H groups in total. The molecule has 0 radical (unpaired) electrons. The van der Waals surface area contributed by atoms with E-state index in [1.165, 1.54) is 30.6 Å². The van der Waals surface area contributed by atoms with Gasteiger partial charge in [0.05, 0.1) is 12.2 Å². The van der Waals surface area contributed by atoms with Crippen LogP contribution in [0.1, 0.15) is 86.0 Å². The predicted octanol–water partition coefficient (Wildman–Crippen LogP) is 5.35. The summed E-state index contributed by atoms with van der Waals surface area (Å²) in [5.74, 6) is 1.09. The van der Waals surface area contributed by atoms with Crippen molar-refractivity contribution in [2.24, 2.45) is 11.8 Å². The zero-order valence-corrected chi connectivity index (χ0v) is 16.9. The number of hydrogen-bond donors (Lipinski definition) is 1. The number of ether oxygens (including phenoxy) is 1. The van der Waals surface area contributed by atoms with E-state index in [0.29, 0.717) is 35.4 Å². The van der Waals surface area contributed by atoms with Gasteiger partial charge in [-0.15, -0.1) is 11.3 Å². The largest absolute Gasteiger partial charge is 0.462 e. The lowest BCUT2D eigenvalue weighted by molar-refractivity contribution is -0.116. The fraction of sp³-hybridized carbons (Fsp3) is 0.714. The van der Waals surface area contributed by atoms with Crippen molar-refractivity contribution in [1.82, 2.24) is 0 Å². The van der Waals surface area contributed by atoms with Gasteiger partial charge in [-0.2, -0.15) is 0 Å². The van der Waals surface area contributed by atoms with Gasteiger partial charge >= 0.3 is 5.97 Å². The molecule has 0 aromatic carbocycles. The Labute approximate surface area is 160 Å². The van der Waals surface area contributed by atoms with Crippen LogP contribution < -0.4 is 5.32 Å². The molecule has 0 spiro atoms. The second-order valence-electron chi connectivity index (χ2n) is 7.93. The number of nitrogens with one attached hydrogen (secondary N) is 1. The van der Waals surface area contributed by atoms with E-state index < -0.39 is 0 Å². The summed E-state index contributed by atoms with van der Waals surface area (Å²) in [6.07, 6.45) is 10.4. The monoisotopic (exact) mass is 377 g/mol. The van der Waals surface area contributed by atoms with E-state index in [1.807, 2.05) is 6.92 Å². The standard InChI is InChI=1S/C21H31NO3S/c1-3-12-25-21(24)19-16-10-8-14(2)13-17(16)26-20(19)22-18(23)11-9-15-6-4-5-7-15/h14-15H,3-13H2,1-2H3,(H,22,23)/t14-/m0/s1. The van der Waals surface area contributed by atoms with E-state index in [-0.39, 0.29) is 11.9 Å². The molecule has 0 unspecified atom stereocenters. The summed E-state index contributed by atoms with van der Waals surface area (Å²) >= 11 is 1.58. The van der Waals surface area contributed by atoms with Crippen LogP contribution in [0, 0.1) is 11.8 Å². The minimum Gasteiger partial charge on any atom is -0.462 e. The molecule has 3 rings (SSSR count). The van der Waals surface area contributed by atoms with Gasteiger partial charge in [0.1, 0.15) is 5.00 Å². The van der Waals surface area contributed by atoms with E-state index in [0.717, 1.165) is 37.7 Å². The van der Waals surface area contributed by atoms with Gasteiger partial charge in [-0.05, 0) is 49.5 Å². The van der Waals surface area contributed by atoms with Crippen LogP contribution in [0.4, 0.5) is 5.00 Å². The SMILES string of the molecule is CCCOC(=O)c1c(NC(=O)CCC2CCCC2)sc2c1CC[C@H](C)C2. The Bertz CT molecular complexity index is 646. The minimum atomic E-state index is -0.273. The summed E-state index contributed by atoms with van der Waals surface area (Å²) in [5, 5.41) is 3.75. The van der Waals surface area contributed by atoms with Crippen LogP contribution in [0.2, 0.25) is 0 Å². The van der Waals surface area contributed by atoms with Gasteiger partial charge in [-0.25, -0.2) is 4.79 Å². The molecular formula is C21H31NO3S. The third-order valence-corrected chi connectivity index (χ3v) is 6.83. The topological polar surface area (TPSA) is 55.4 Å². The molecule has 5 heteroatoms. The van der Waals surface area contributed by atoms with Crippen LogP contribution in [0.3, 0.4) is 0 Å². The average molecular weight is 378 g/mol. The van der Waals surface area contributed by atoms with Crippen LogP contribution in [0.15, 0.2) is 0 Å². The number of thiophene rings is 1. The summed E-state index contributed by atoms with van der Waals surface area (Å²) in [6, 6.07) is 0. The maximum absolute atomic E-state index is 12.6. The normalized spacial score (nSPS) is 20.0. The van der Waals surface area contributed by atoms with Crippen molar-refractivity contribution in [2.75, 3.05) is 11.9 Å². The molecule has 26 heavy (non-hydrogen) atoms. The fourth-order valence-corrected chi connectivity index (χ4v) is 5.56. The van der Waals surface area contributed by atoms with Crippen LogP contribution in [0.25, 0.3) is 0 Å². The molecule has 1 aromatic heterocycles. The molecule has 1 heterocycles. The zero-order chi connectivity index (χ0) is 18.5. The van der Waals surface area contributed by atoms with Crippen LogP contribution in [0.5, 0.6) is 0 Å². The van der Waals surface area contributed by atoms with E-state index in [1.54, 1.807) is 11.3 Å². The number of esters is 1. The van der Waals surface area contributed by atoms with E-state index in [9.17, 15) is 9.59 Å². The lowest BCUT2D eigenvalue weighted by Crippen LogP contribution is -2.17. The quantitative estimate of drug-likeness (QED) is 0.652. The number of carbonyl (C=O) groups is 2. The first-order valence-electron chi connectivity index (χ1n) is 10.2. The Morgan fingerprint density at radius 3 is 2.73 bits per heavy atom. The maximum atomic E-state index is 12.6. The minimum absolute atomic E-state index is 0.0353. The van der Waals surface area contributed by atoms with Gasteiger partial charge in [0, 0.05) is 11.3 Å². The predicted molar refractivity (Wildman–Crippen MR) is 106 cm³/mol. The van der Waals surface area contributed by atoms with Crippen molar-refractivity contribution < 1.29 is 14.3 Å². The van der Waals surface area contributed by atoms with Gasteiger partial charge in [0.15, 0.2) is 0 Å². The van der Waals surface area contributed by atoms with Gasteiger partial charge in [0.25, 0.3) is 0 Å².